The van der Waals surface area contributed by atoms with E-state index < -0.39 is 29.2 Å². The van der Waals surface area contributed by atoms with Gasteiger partial charge in [-0.25, -0.2) is 0 Å². The number of aliphatic hydroxyl groups is 1. The molecule has 0 aliphatic heterocycles. The van der Waals surface area contributed by atoms with Crippen molar-refractivity contribution >= 4 is 17.5 Å². The highest BCUT2D eigenvalue weighted by Gasteiger charge is 2.31. The second-order valence-electron chi connectivity index (χ2n) is 5.88. The first-order chi connectivity index (χ1) is 11.0. The van der Waals surface area contributed by atoms with E-state index in [1.807, 2.05) is 6.92 Å². The Balaban J connectivity index is 2.67. The number of hydrogen-bond donors (Lipinski definition) is 3. The fourth-order valence-electron chi connectivity index (χ4n) is 1.91. The molecule has 0 spiro atoms. The molecule has 24 heavy (non-hydrogen) atoms. The molecule has 0 bridgehead atoms. The van der Waals surface area contributed by atoms with Gasteiger partial charge in [0.1, 0.15) is 0 Å². The van der Waals surface area contributed by atoms with Crippen LogP contribution in [0.2, 0.25) is 0 Å². The summed E-state index contributed by atoms with van der Waals surface area (Å²) in [6.07, 6.45) is -3.86. The maximum atomic E-state index is 12.6. The van der Waals surface area contributed by atoms with Crippen LogP contribution in [0, 0.1) is 5.92 Å². The lowest BCUT2D eigenvalue weighted by Crippen LogP contribution is -2.47. The molecular formula is C16H21F3N2O3. The Hall–Kier alpha value is -2.09. The molecule has 2 amide bonds. The Bertz CT molecular complexity index is 600. The van der Waals surface area contributed by atoms with Gasteiger partial charge in [0.15, 0.2) is 0 Å². The van der Waals surface area contributed by atoms with E-state index in [-0.39, 0.29) is 18.2 Å². The first kappa shape index (κ1) is 20.0. The largest absolute Gasteiger partial charge is 0.416 e. The minimum Gasteiger partial charge on any atom is -0.388 e. The minimum atomic E-state index is -4.54. The van der Waals surface area contributed by atoms with Crippen LogP contribution in [-0.4, -0.2) is 29.1 Å². The van der Waals surface area contributed by atoms with Crippen LogP contribution in [0.4, 0.5) is 18.9 Å². The summed E-state index contributed by atoms with van der Waals surface area (Å²) in [5.74, 6) is -2.24. The van der Waals surface area contributed by atoms with Gasteiger partial charge in [-0.3, -0.25) is 9.59 Å². The number of rotatable bonds is 5. The third kappa shape index (κ3) is 5.52. The number of carbonyl (C=O) groups is 2. The molecule has 0 saturated carbocycles. The lowest BCUT2D eigenvalue weighted by Gasteiger charge is -2.29. The molecule has 0 fully saturated rings. The predicted molar refractivity (Wildman–Crippen MR) is 83.2 cm³/mol. The molecule has 0 aliphatic carbocycles. The topological polar surface area (TPSA) is 78.4 Å². The molecule has 3 N–H and O–H groups in total. The fourth-order valence-corrected chi connectivity index (χ4v) is 1.91. The second-order valence-corrected chi connectivity index (χ2v) is 5.88. The van der Waals surface area contributed by atoms with Crippen LogP contribution in [0.5, 0.6) is 0 Å². The zero-order valence-corrected chi connectivity index (χ0v) is 13.7. The van der Waals surface area contributed by atoms with E-state index in [0.717, 1.165) is 18.2 Å². The van der Waals surface area contributed by atoms with Crippen LogP contribution in [0.1, 0.15) is 32.8 Å². The Morgan fingerprint density at radius 2 is 1.88 bits per heavy atom. The van der Waals surface area contributed by atoms with Crippen molar-refractivity contribution in [3.63, 3.8) is 0 Å². The number of alkyl halides is 3. The van der Waals surface area contributed by atoms with E-state index in [0.29, 0.717) is 6.42 Å². The molecule has 1 aromatic carbocycles. The average Bonchev–Trinajstić information content (AvgIpc) is 2.51. The zero-order chi connectivity index (χ0) is 18.5. The van der Waals surface area contributed by atoms with Crippen LogP contribution >= 0.6 is 0 Å². The standard InChI is InChI=1S/C16H21F3N2O3/c1-4-10(2)15(3,24)9-20-13(22)14(23)21-12-7-5-6-11(8-12)16(17,18)19/h5-8,10,24H,4,9H2,1-3H3,(H,20,22)(H,21,23). The Morgan fingerprint density at radius 1 is 1.25 bits per heavy atom. The van der Waals surface area contributed by atoms with Gasteiger partial charge in [-0.05, 0) is 31.0 Å². The molecule has 1 rings (SSSR count). The van der Waals surface area contributed by atoms with E-state index in [9.17, 15) is 27.9 Å². The van der Waals surface area contributed by atoms with E-state index >= 15 is 0 Å². The lowest BCUT2D eigenvalue weighted by atomic mass is 9.89. The number of halogens is 3. The summed E-state index contributed by atoms with van der Waals surface area (Å²) in [4.78, 5) is 23.5. The van der Waals surface area contributed by atoms with Crippen molar-refractivity contribution in [1.82, 2.24) is 5.32 Å². The van der Waals surface area contributed by atoms with Crippen LogP contribution in [0.25, 0.3) is 0 Å². The van der Waals surface area contributed by atoms with Gasteiger partial charge in [-0.15, -0.1) is 0 Å². The summed E-state index contributed by atoms with van der Waals surface area (Å²) in [5, 5.41) is 14.5. The fraction of sp³-hybridized carbons (Fsp3) is 0.500. The summed E-state index contributed by atoms with van der Waals surface area (Å²) >= 11 is 0. The Kier molecular flexibility index (Phi) is 6.36. The van der Waals surface area contributed by atoms with E-state index in [4.69, 9.17) is 0 Å². The number of anilines is 1. The van der Waals surface area contributed by atoms with Gasteiger partial charge in [-0.1, -0.05) is 26.3 Å². The van der Waals surface area contributed by atoms with Crippen molar-refractivity contribution in [1.29, 1.82) is 0 Å². The third-order valence-electron chi connectivity index (χ3n) is 3.93. The lowest BCUT2D eigenvalue weighted by molar-refractivity contribution is -0.137. The highest BCUT2D eigenvalue weighted by Crippen LogP contribution is 2.30. The van der Waals surface area contributed by atoms with Crippen LogP contribution in [0.15, 0.2) is 24.3 Å². The average molecular weight is 346 g/mol. The summed E-state index contributed by atoms with van der Waals surface area (Å²) in [6, 6.07) is 3.97. The molecule has 134 valence electrons. The second kappa shape index (κ2) is 7.65. The molecule has 0 aliphatic rings. The first-order valence-corrected chi connectivity index (χ1v) is 7.46. The first-order valence-electron chi connectivity index (χ1n) is 7.46. The summed E-state index contributed by atoms with van der Waals surface area (Å²) < 4.78 is 37.8. The molecule has 2 atom stereocenters. The van der Waals surface area contributed by atoms with Gasteiger partial charge < -0.3 is 15.7 Å². The maximum Gasteiger partial charge on any atom is 0.416 e. The van der Waals surface area contributed by atoms with E-state index in [1.165, 1.54) is 13.0 Å². The molecule has 8 heteroatoms. The van der Waals surface area contributed by atoms with Crippen LogP contribution in [-0.2, 0) is 15.8 Å². The SMILES string of the molecule is CCC(C)C(C)(O)CNC(=O)C(=O)Nc1cccc(C(F)(F)F)c1. The Labute approximate surface area is 138 Å². The van der Waals surface area contributed by atoms with Gasteiger partial charge in [0.25, 0.3) is 0 Å². The number of amides is 2. The normalized spacial score (nSPS) is 15.3. The summed E-state index contributed by atoms with van der Waals surface area (Å²) in [5.41, 5.74) is -2.26. The van der Waals surface area contributed by atoms with Crippen molar-refractivity contribution in [2.75, 3.05) is 11.9 Å². The third-order valence-corrected chi connectivity index (χ3v) is 3.93. The maximum absolute atomic E-state index is 12.6. The quantitative estimate of drug-likeness (QED) is 0.717. The molecule has 0 heterocycles. The van der Waals surface area contributed by atoms with Crippen molar-refractivity contribution in [2.24, 2.45) is 5.92 Å². The van der Waals surface area contributed by atoms with Crippen molar-refractivity contribution in [2.45, 2.75) is 39.0 Å². The molecule has 5 nitrogen and oxygen atoms in total. The highest BCUT2D eigenvalue weighted by atomic mass is 19.4. The number of hydrogen-bond acceptors (Lipinski definition) is 3. The molecule has 1 aromatic rings. The Morgan fingerprint density at radius 3 is 2.42 bits per heavy atom. The van der Waals surface area contributed by atoms with E-state index in [1.54, 1.807) is 6.92 Å². The zero-order valence-electron chi connectivity index (χ0n) is 13.7. The number of benzene rings is 1. The molecule has 0 aromatic heterocycles. The summed E-state index contributed by atoms with van der Waals surface area (Å²) in [6.45, 7) is 5.07. The molecular weight excluding hydrogens is 325 g/mol. The van der Waals surface area contributed by atoms with Gasteiger partial charge >= 0.3 is 18.0 Å². The minimum absolute atomic E-state index is 0.107. The van der Waals surface area contributed by atoms with Crippen LogP contribution < -0.4 is 10.6 Å². The van der Waals surface area contributed by atoms with Crippen molar-refractivity contribution in [3.05, 3.63) is 29.8 Å². The molecule has 0 saturated heterocycles. The highest BCUT2D eigenvalue weighted by molar-refractivity contribution is 6.39. The van der Waals surface area contributed by atoms with Gasteiger partial charge in [0, 0.05) is 12.2 Å². The molecule has 0 radical (unpaired) electrons. The van der Waals surface area contributed by atoms with Crippen molar-refractivity contribution in [3.8, 4) is 0 Å². The number of nitrogens with one attached hydrogen (secondary N) is 2. The van der Waals surface area contributed by atoms with Gasteiger partial charge in [0.05, 0.1) is 11.2 Å². The molecule has 2 unspecified atom stereocenters. The smallest absolute Gasteiger partial charge is 0.388 e. The van der Waals surface area contributed by atoms with E-state index in [2.05, 4.69) is 10.6 Å². The van der Waals surface area contributed by atoms with Crippen molar-refractivity contribution < 1.29 is 27.9 Å². The van der Waals surface area contributed by atoms with Crippen LogP contribution in [0.3, 0.4) is 0 Å². The predicted octanol–water partition coefficient (Wildman–Crippen LogP) is 2.56. The van der Waals surface area contributed by atoms with Gasteiger partial charge in [0.2, 0.25) is 0 Å². The van der Waals surface area contributed by atoms with Gasteiger partial charge in [-0.2, -0.15) is 13.2 Å². The monoisotopic (exact) mass is 346 g/mol. The number of carbonyl (C=O) groups excluding carboxylic acids is 2. The summed E-state index contributed by atoms with van der Waals surface area (Å²) in [7, 11) is 0.